The fourth-order valence-electron chi connectivity index (χ4n) is 4.41. The summed E-state index contributed by atoms with van der Waals surface area (Å²) in [7, 11) is 0. The molecule has 0 aliphatic heterocycles. The summed E-state index contributed by atoms with van der Waals surface area (Å²) in [5.41, 5.74) is 0. The standard InChI is InChI=1S/C32H57O2/c1-3-5-7-9-11-13-15-16-17-18-19-21-23-25-27-29-32(34)31(30-33)28-26-24-22-20-14-12-10-8-6-4-2/h11,13,16-17,31H,3-10,12,14-15,18-29H2,1-2H3/b13-11-,17-16-. The second-order valence-corrected chi connectivity index (χ2v) is 10.1. The van der Waals surface area contributed by atoms with Gasteiger partial charge in [0.15, 0.2) is 0 Å². The van der Waals surface area contributed by atoms with E-state index < -0.39 is 5.92 Å². The van der Waals surface area contributed by atoms with Gasteiger partial charge in [-0.2, -0.15) is 0 Å². The third-order valence-corrected chi connectivity index (χ3v) is 6.75. The molecule has 1 radical (unpaired) electrons. The molecular formula is C32H57O2. The molecule has 0 aromatic carbocycles. The van der Waals surface area contributed by atoms with Gasteiger partial charge in [-0.25, -0.2) is 0 Å². The van der Waals surface area contributed by atoms with Gasteiger partial charge in [-0.1, -0.05) is 134 Å². The molecule has 0 N–H and O–H groups in total. The molecule has 2 heteroatoms. The van der Waals surface area contributed by atoms with Gasteiger partial charge in [-0.15, -0.1) is 0 Å². The SMILES string of the molecule is CCCCC/C=C\C/C=C\CCCCCCCC(=O)C([C]=O)CCCCCCCCCCCC. The highest BCUT2D eigenvalue weighted by molar-refractivity contribution is 5.93. The Kier molecular flexibility index (Phi) is 27.1. The summed E-state index contributed by atoms with van der Waals surface area (Å²) in [5, 5.41) is 0. The Balaban J connectivity index is 3.53. The maximum absolute atomic E-state index is 12.3. The normalized spacial score (nSPS) is 12.6. The van der Waals surface area contributed by atoms with E-state index in [9.17, 15) is 9.59 Å². The van der Waals surface area contributed by atoms with Gasteiger partial charge in [0.2, 0.25) is 6.29 Å². The Morgan fingerprint density at radius 1 is 0.588 bits per heavy atom. The Labute approximate surface area is 213 Å². The predicted molar refractivity (Wildman–Crippen MR) is 150 cm³/mol. The number of hydrogen-bond acceptors (Lipinski definition) is 2. The second kappa shape index (κ2) is 28.1. The van der Waals surface area contributed by atoms with E-state index in [0.29, 0.717) is 12.8 Å². The van der Waals surface area contributed by atoms with Gasteiger partial charge in [0.1, 0.15) is 5.78 Å². The van der Waals surface area contributed by atoms with Crippen LogP contribution in [0.15, 0.2) is 24.3 Å². The summed E-state index contributed by atoms with van der Waals surface area (Å²) in [5.74, 6) is -0.350. The van der Waals surface area contributed by atoms with Gasteiger partial charge in [-0.05, 0) is 44.9 Å². The lowest BCUT2D eigenvalue weighted by Gasteiger charge is -2.08. The maximum atomic E-state index is 12.3. The van der Waals surface area contributed by atoms with Crippen molar-refractivity contribution in [1.29, 1.82) is 0 Å². The van der Waals surface area contributed by atoms with Crippen LogP contribution in [0.3, 0.4) is 0 Å². The minimum atomic E-state index is -0.472. The third kappa shape index (κ3) is 24.0. The Morgan fingerprint density at radius 3 is 1.59 bits per heavy atom. The number of allylic oxidation sites excluding steroid dienone is 4. The first-order valence-corrected chi connectivity index (χ1v) is 15.0. The summed E-state index contributed by atoms with van der Waals surface area (Å²) in [4.78, 5) is 23.6. The molecule has 1 unspecified atom stereocenters. The average molecular weight is 474 g/mol. The molecule has 1 atom stereocenters. The molecule has 2 nitrogen and oxygen atoms in total. The molecule has 0 spiro atoms. The van der Waals surface area contributed by atoms with Crippen molar-refractivity contribution < 1.29 is 9.59 Å². The van der Waals surface area contributed by atoms with Crippen molar-refractivity contribution in [3.63, 3.8) is 0 Å². The first kappa shape index (κ1) is 32.8. The first-order chi connectivity index (χ1) is 16.8. The zero-order chi connectivity index (χ0) is 25.0. The Hall–Kier alpha value is -1.18. The highest BCUT2D eigenvalue weighted by Gasteiger charge is 2.17. The lowest BCUT2D eigenvalue weighted by Crippen LogP contribution is -2.15. The molecule has 0 bridgehead atoms. The third-order valence-electron chi connectivity index (χ3n) is 6.75. The molecule has 0 saturated carbocycles. The molecule has 0 rings (SSSR count). The van der Waals surface area contributed by atoms with Crippen LogP contribution in [-0.2, 0) is 9.59 Å². The summed E-state index contributed by atoms with van der Waals surface area (Å²) in [6.45, 7) is 4.50. The van der Waals surface area contributed by atoms with Crippen LogP contribution in [0.1, 0.15) is 162 Å². The van der Waals surface area contributed by atoms with Gasteiger partial charge >= 0.3 is 0 Å². The average Bonchev–Trinajstić information content (AvgIpc) is 2.85. The number of carbonyl (C=O) groups is 1. The molecule has 0 saturated heterocycles. The molecule has 0 heterocycles. The Morgan fingerprint density at radius 2 is 1.03 bits per heavy atom. The van der Waals surface area contributed by atoms with Crippen LogP contribution in [0.4, 0.5) is 0 Å². The summed E-state index contributed by atoms with van der Waals surface area (Å²) < 4.78 is 0. The largest absolute Gasteiger partial charge is 0.299 e. The Bertz CT molecular complexity index is 491. The quantitative estimate of drug-likeness (QED) is 0.0675. The monoisotopic (exact) mass is 473 g/mol. The number of hydrogen-bond donors (Lipinski definition) is 0. The number of Topliss-reactive ketones (excluding diaryl/α,β-unsaturated/α-hetero) is 1. The van der Waals surface area contributed by atoms with Gasteiger partial charge in [-0.3, -0.25) is 9.59 Å². The minimum absolute atomic E-state index is 0.122. The van der Waals surface area contributed by atoms with Crippen molar-refractivity contribution in [3.05, 3.63) is 24.3 Å². The van der Waals surface area contributed by atoms with Crippen LogP contribution in [0.25, 0.3) is 0 Å². The van der Waals surface area contributed by atoms with Crippen LogP contribution in [0.5, 0.6) is 0 Å². The van der Waals surface area contributed by atoms with Crippen molar-refractivity contribution in [3.8, 4) is 0 Å². The minimum Gasteiger partial charge on any atom is -0.299 e. The van der Waals surface area contributed by atoms with Gasteiger partial charge in [0.25, 0.3) is 0 Å². The maximum Gasteiger partial charge on any atom is 0.209 e. The van der Waals surface area contributed by atoms with E-state index in [2.05, 4.69) is 38.2 Å². The van der Waals surface area contributed by atoms with E-state index in [-0.39, 0.29) is 5.78 Å². The van der Waals surface area contributed by atoms with Crippen LogP contribution >= 0.6 is 0 Å². The molecule has 0 aromatic rings. The molecule has 0 aliphatic carbocycles. The van der Waals surface area contributed by atoms with Gasteiger partial charge < -0.3 is 0 Å². The van der Waals surface area contributed by atoms with Crippen molar-refractivity contribution in [2.75, 3.05) is 0 Å². The number of ketones is 1. The van der Waals surface area contributed by atoms with E-state index in [4.69, 9.17) is 0 Å². The van der Waals surface area contributed by atoms with Crippen LogP contribution < -0.4 is 0 Å². The first-order valence-electron chi connectivity index (χ1n) is 15.0. The van der Waals surface area contributed by atoms with E-state index in [1.165, 1.54) is 96.3 Å². The van der Waals surface area contributed by atoms with Crippen LogP contribution in [0, 0.1) is 5.92 Å². The van der Waals surface area contributed by atoms with Crippen molar-refractivity contribution in [2.45, 2.75) is 162 Å². The fraction of sp³-hybridized carbons (Fsp3) is 0.812. The number of carbonyl (C=O) groups excluding carboxylic acids is 2. The zero-order valence-corrected chi connectivity index (χ0v) is 23.0. The highest BCUT2D eigenvalue weighted by atomic mass is 16.1. The van der Waals surface area contributed by atoms with E-state index in [0.717, 1.165) is 38.5 Å². The molecule has 0 fully saturated rings. The van der Waals surface area contributed by atoms with Crippen molar-refractivity contribution in [1.82, 2.24) is 0 Å². The number of unbranched alkanes of at least 4 members (excludes halogenated alkanes) is 17. The topological polar surface area (TPSA) is 34.1 Å². The van der Waals surface area contributed by atoms with Crippen LogP contribution in [-0.4, -0.2) is 12.1 Å². The molecule has 197 valence electrons. The van der Waals surface area contributed by atoms with E-state index in [1.54, 1.807) is 0 Å². The van der Waals surface area contributed by atoms with Gasteiger partial charge in [0.05, 0.1) is 5.92 Å². The highest BCUT2D eigenvalue weighted by Crippen LogP contribution is 2.16. The van der Waals surface area contributed by atoms with Gasteiger partial charge in [0, 0.05) is 6.42 Å². The predicted octanol–water partition coefficient (Wildman–Crippen LogP) is 10.4. The second-order valence-electron chi connectivity index (χ2n) is 10.1. The molecule has 0 amide bonds. The number of rotatable bonds is 27. The van der Waals surface area contributed by atoms with Crippen molar-refractivity contribution in [2.24, 2.45) is 5.92 Å². The molecule has 0 aromatic heterocycles. The smallest absolute Gasteiger partial charge is 0.209 e. The summed E-state index contributed by atoms with van der Waals surface area (Å²) in [6.07, 6.45) is 38.3. The van der Waals surface area contributed by atoms with E-state index in [1.807, 2.05) is 6.29 Å². The summed E-state index contributed by atoms with van der Waals surface area (Å²) in [6, 6.07) is 0. The molecule has 0 aliphatic rings. The molecular weight excluding hydrogens is 416 g/mol. The lowest BCUT2D eigenvalue weighted by atomic mass is 9.94. The zero-order valence-electron chi connectivity index (χ0n) is 23.0. The van der Waals surface area contributed by atoms with Crippen LogP contribution in [0.2, 0.25) is 0 Å². The summed E-state index contributed by atoms with van der Waals surface area (Å²) >= 11 is 0. The lowest BCUT2D eigenvalue weighted by molar-refractivity contribution is -0.121. The van der Waals surface area contributed by atoms with E-state index >= 15 is 0 Å². The fourth-order valence-corrected chi connectivity index (χ4v) is 4.41. The van der Waals surface area contributed by atoms with Crippen molar-refractivity contribution >= 4 is 12.1 Å². The molecule has 34 heavy (non-hydrogen) atoms.